The summed E-state index contributed by atoms with van der Waals surface area (Å²) in [6.07, 6.45) is 1.01. The Hall–Kier alpha value is -2.92. The zero-order valence-electron chi connectivity index (χ0n) is 16.0. The molecule has 144 valence electrons. The molecular weight excluding hydrogens is 370 g/mol. The number of hydrogen-bond donors (Lipinski definition) is 1. The number of rotatable bonds is 8. The van der Waals surface area contributed by atoms with Crippen LogP contribution in [-0.4, -0.2) is 20.1 Å². The minimum atomic E-state index is -0.0177. The van der Waals surface area contributed by atoms with Gasteiger partial charge in [0.05, 0.1) is 19.9 Å². The number of carbonyl (C=O) groups excluding carboxylic acids is 1. The highest BCUT2D eigenvalue weighted by Crippen LogP contribution is 2.33. The largest absolute Gasteiger partial charge is 0.493 e. The highest BCUT2D eigenvalue weighted by molar-refractivity contribution is 7.99. The van der Waals surface area contributed by atoms with E-state index in [9.17, 15) is 4.79 Å². The molecule has 1 N–H and O–H groups in total. The molecule has 0 fully saturated rings. The van der Waals surface area contributed by atoms with Crippen LogP contribution in [0.25, 0.3) is 0 Å². The summed E-state index contributed by atoms with van der Waals surface area (Å²) in [5.41, 5.74) is 1.86. The third kappa shape index (κ3) is 5.30. The first-order valence-corrected chi connectivity index (χ1v) is 9.84. The van der Waals surface area contributed by atoms with Crippen LogP contribution in [0.5, 0.6) is 11.5 Å². The Balaban J connectivity index is 1.62. The molecule has 4 nitrogen and oxygen atoms in total. The number of nitrogens with one attached hydrogen (secondary N) is 1. The third-order valence-corrected chi connectivity index (χ3v) is 5.30. The van der Waals surface area contributed by atoms with Gasteiger partial charge >= 0.3 is 0 Å². The van der Waals surface area contributed by atoms with Crippen LogP contribution in [0.1, 0.15) is 12.0 Å². The van der Waals surface area contributed by atoms with Crippen LogP contribution in [-0.2, 0) is 11.2 Å². The van der Waals surface area contributed by atoms with Crippen LogP contribution in [0.3, 0.4) is 0 Å². The van der Waals surface area contributed by atoms with Crippen LogP contribution in [0, 0.1) is 0 Å². The first-order chi connectivity index (χ1) is 13.7. The van der Waals surface area contributed by atoms with E-state index in [1.807, 2.05) is 60.7 Å². The van der Waals surface area contributed by atoms with Crippen molar-refractivity contribution >= 4 is 23.4 Å². The van der Waals surface area contributed by atoms with Gasteiger partial charge in [0.15, 0.2) is 11.5 Å². The smallest absolute Gasteiger partial charge is 0.224 e. The van der Waals surface area contributed by atoms with Crippen LogP contribution in [0.4, 0.5) is 5.69 Å². The number of benzene rings is 3. The molecule has 0 radical (unpaired) electrons. The molecule has 0 heterocycles. The van der Waals surface area contributed by atoms with Gasteiger partial charge in [-0.15, -0.1) is 0 Å². The highest BCUT2D eigenvalue weighted by Gasteiger charge is 2.10. The van der Waals surface area contributed by atoms with Gasteiger partial charge in [-0.1, -0.05) is 48.2 Å². The molecule has 0 unspecified atom stereocenters. The number of amides is 1. The van der Waals surface area contributed by atoms with Crippen molar-refractivity contribution in [3.63, 3.8) is 0 Å². The highest BCUT2D eigenvalue weighted by atomic mass is 32.2. The Morgan fingerprint density at radius 1 is 0.893 bits per heavy atom. The molecule has 3 rings (SSSR count). The van der Waals surface area contributed by atoms with Crippen molar-refractivity contribution in [3.05, 3.63) is 78.4 Å². The van der Waals surface area contributed by atoms with Gasteiger partial charge in [-0.25, -0.2) is 0 Å². The second-order valence-corrected chi connectivity index (χ2v) is 7.26. The lowest BCUT2D eigenvalue weighted by molar-refractivity contribution is -0.116. The van der Waals surface area contributed by atoms with Crippen molar-refractivity contribution in [2.24, 2.45) is 0 Å². The van der Waals surface area contributed by atoms with E-state index in [0.717, 1.165) is 21.0 Å². The summed E-state index contributed by atoms with van der Waals surface area (Å²) >= 11 is 1.63. The topological polar surface area (TPSA) is 47.6 Å². The molecule has 0 bridgehead atoms. The summed E-state index contributed by atoms with van der Waals surface area (Å²) in [5.74, 6) is 1.34. The van der Waals surface area contributed by atoms with Gasteiger partial charge < -0.3 is 14.8 Å². The second kappa shape index (κ2) is 9.85. The molecule has 1 amide bonds. The first kappa shape index (κ1) is 19.8. The third-order valence-electron chi connectivity index (χ3n) is 4.22. The van der Waals surface area contributed by atoms with E-state index in [0.29, 0.717) is 24.3 Å². The molecule has 0 saturated carbocycles. The monoisotopic (exact) mass is 393 g/mol. The van der Waals surface area contributed by atoms with Crippen molar-refractivity contribution in [2.75, 3.05) is 19.5 Å². The summed E-state index contributed by atoms with van der Waals surface area (Å²) in [5, 5.41) is 3.04. The summed E-state index contributed by atoms with van der Waals surface area (Å²) < 4.78 is 10.6. The Morgan fingerprint density at radius 3 is 2.36 bits per heavy atom. The van der Waals surface area contributed by atoms with Crippen molar-refractivity contribution in [1.82, 2.24) is 0 Å². The first-order valence-electron chi connectivity index (χ1n) is 9.02. The number of hydrogen-bond acceptors (Lipinski definition) is 4. The average molecular weight is 394 g/mol. The van der Waals surface area contributed by atoms with E-state index in [1.54, 1.807) is 26.0 Å². The molecule has 5 heteroatoms. The maximum Gasteiger partial charge on any atom is 0.224 e. The van der Waals surface area contributed by atoms with E-state index in [2.05, 4.69) is 17.4 Å². The minimum Gasteiger partial charge on any atom is -0.493 e. The predicted molar refractivity (Wildman–Crippen MR) is 114 cm³/mol. The molecule has 0 spiro atoms. The fourth-order valence-corrected chi connectivity index (χ4v) is 3.70. The molecule has 0 saturated heterocycles. The van der Waals surface area contributed by atoms with Gasteiger partial charge in [0, 0.05) is 16.2 Å². The van der Waals surface area contributed by atoms with Crippen LogP contribution in [0.2, 0.25) is 0 Å². The van der Waals surface area contributed by atoms with Gasteiger partial charge in [-0.05, 0) is 48.4 Å². The lowest BCUT2D eigenvalue weighted by Crippen LogP contribution is -2.13. The predicted octanol–water partition coefficient (Wildman–Crippen LogP) is 5.43. The summed E-state index contributed by atoms with van der Waals surface area (Å²) in [6, 6.07) is 23.7. The van der Waals surface area contributed by atoms with Crippen LogP contribution >= 0.6 is 11.8 Å². The number of aryl methyl sites for hydroxylation is 1. The molecule has 3 aromatic rings. The molecule has 3 aromatic carbocycles. The number of anilines is 1. The summed E-state index contributed by atoms with van der Waals surface area (Å²) in [7, 11) is 3.21. The number of ether oxygens (including phenoxy) is 2. The summed E-state index contributed by atoms with van der Waals surface area (Å²) in [4.78, 5) is 14.6. The Labute approximate surface area is 169 Å². The van der Waals surface area contributed by atoms with Gasteiger partial charge in [0.25, 0.3) is 0 Å². The molecular formula is C23H23NO3S. The lowest BCUT2D eigenvalue weighted by Gasteiger charge is -2.12. The quantitative estimate of drug-likeness (QED) is 0.555. The van der Waals surface area contributed by atoms with Crippen LogP contribution < -0.4 is 14.8 Å². The number of para-hydroxylation sites is 1. The van der Waals surface area contributed by atoms with E-state index in [1.165, 1.54) is 0 Å². The van der Waals surface area contributed by atoms with E-state index in [4.69, 9.17) is 9.47 Å². The fraction of sp³-hybridized carbons (Fsp3) is 0.174. The van der Waals surface area contributed by atoms with Gasteiger partial charge in [0.1, 0.15) is 0 Å². The fourth-order valence-electron chi connectivity index (χ4n) is 2.78. The number of methoxy groups -OCH3 is 2. The van der Waals surface area contributed by atoms with Crippen molar-refractivity contribution in [1.29, 1.82) is 0 Å². The van der Waals surface area contributed by atoms with Crippen LogP contribution in [0.15, 0.2) is 82.6 Å². The summed E-state index contributed by atoms with van der Waals surface area (Å²) in [6.45, 7) is 0. The standard InChI is InChI=1S/C23H23NO3S/c1-26-20-14-12-17(16-21(20)27-2)13-15-23(25)24-19-10-6-7-11-22(19)28-18-8-4-3-5-9-18/h3-12,14,16H,13,15H2,1-2H3,(H,24,25). The number of carbonyl (C=O) groups is 1. The molecule has 28 heavy (non-hydrogen) atoms. The van der Waals surface area contributed by atoms with Crippen molar-refractivity contribution < 1.29 is 14.3 Å². The van der Waals surface area contributed by atoms with E-state index >= 15 is 0 Å². The average Bonchev–Trinajstić information content (AvgIpc) is 2.74. The van der Waals surface area contributed by atoms with Gasteiger partial charge in [-0.2, -0.15) is 0 Å². The molecule has 0 aliphatic rings. The van der Waals surface area contributed by atoms with E-state index < -0.39 is 0 Å². The van der Waals surface area contributed by atoms with Gasteiger partial charge in [-0.3, -0.25) is 4.79 Å². The second-order valence-electron chi connectivity index (χ2n) is 6.15. The Bertz CT molecular complexity index is 928. The molecule has 0 aliphatic heterocycles. The molecule has 0 aliphatic carbocycles. The molecule has 0 atom stereocenters. The van der Waals surface area contributed by atoms with Crippen molar-refractivity contribution in [3.8, 4) is 11.5 Å². The SMILES string of the molecule is COc1ccc(CCC(=O)Nc2ccccc2Sc2ccccc2)cc1OC. The Kier molecular flexibility index (Phi) is 6.98. The molecule has 0 aromatic heterocycles. The Morgan fingerprint density at radius 2 is 1.61 bits per heavy atom. The normalized spacial score (nSPS) is 10.4. The maximum absolute atomic E-state index is 12.5. The maximum atomic E-state index is 12.5. The van der Waals surface area contributed by atoms with Gasteiger partial charge in [0.2, 0.25) is 5.91 Å². The zero-order valence-corrected chi connectivity index (χ0v) is 16.8. The minimum absolute atomic E-state index is 0.0177. The lowest BCUT2D eigenvalue weighted by atomic mass is 10.1. The van der Waals surface area contributed by atoms with E-state index in [-0.39, 0.29) is 5.91 Å². The van der Waals surface area contributed by atoms with Crippen molar-refractivity contribution in [2.45, 2.75) is 22.6 Å². The zero-order chi connectivity index (χ0) is 19.8.